The van der Waals surface area contributed by atoms with Crippen LogP contribution in [0.4, 0.5) is 4.39 Å². The highest BCUT2D eigenvalue weighted by Crippen LogP contribution is 2.23. The molecular weight excluding hydrogens is 375 g/mol. The number of halogens is 1. The van der Waals surface area contributed by atoms with Gasteiger partial charge >= 0.3 is 0 Å². The molecule has 7 nitrogen and oxygen atoms in total. The number of aromatic nitrogens is 1. The second-order valence-corrected chi connectivity index (χ2v) is 8.03. The Morgan fingerprint density at radius 3 is 2.96 bits per heavy atom. The highest BCUT2D eigenvalue weighted by Gasteiger charge is 2.26. The molecule has 1 aliphatic rings. The van der Waals surface area contributed by atoms with E-state index in [9.17, 15) is 17.6 Å². The lowest BCUT2D eigenvalue weighted by atomic mass is 10.1. The monoisotopic (exact) mass is 396 g/mol. The van der Waals surface area contributed by atoms with Crippen molar-refractivity contribution in [3.8, 4) is 0 Å². The van der Waals surface area contributed by atoms with Crippen LogP contribution in [-0.2, 0) is 24.3 Å². The molecule has 0 radical (unpaired) electrons. The quantitative estimate of drug-likeness (QED) is 0.804. The van der Waals surface area contributed by atoms with Crippen LogP contribution in [-0.4, -0.2) is 44.7 Å². The Morgan fingerprint density at radius 2 is 2.22 bits per heavy atom. The van der Waals surface area contributed by atoms with Gasteiger partial charge in [-0.2, -0.15) is 0 Å². The highest BCUT2D eigenvalue weighted by atomic mass is 32.2. The van der Waals surface area contributed by atoms with Crippen molar-refractivity contribution in [1.82, 2.24) is 9.71 Å². The Labute approximate surface area is 156 Å². The molecule has 2 heterocycles. The third kappa shape index (κ3) is 4.60. The van der Waals surface area contributed by atoms with E-state index in [2.05, 4.69) is 4.98 Å². The summed E-state index contributed by atoms with van der Waals surface area (Å²) in [5, 5.41) is 0.0991. The molecule has 0 unspecified atom stereocenters. The minimum atomic E-state index is -4.21. The molecule has 2 atom stereocenters. The number of rotatable bonds is 6. The summed E-state index contributed by atoms with van der Waals surface area (Å²) in [6.07, 6.45) is 3.19. The van der Waals surface area contributed by atoms with Gasteiger partial charge in [0.15, 0.2) is 0 Å². The minimum absolute atomic E-state index is 0.0773. The summed E-state index contributed by atoms with van der Waals surface area (Å²) in [7, 11) is -4.21. The minimum Gasteiger partial charge on any atom is -0.376 e. The van der Waals surface area contributed by atoms with Crippen molar-refractivity contribution in [2.75, 3.05) is 13.2 Å². The second-order valence-electron chi connectivity index (χ2n) is 6.38. The summed E-state index contributed by atoms with van der Waals surface area (Å²) >= 11 is 0. The average molecular weight is 396 g/mol. The molecule has 0 saturated carbocycles. The van der Waals surface area contributed by atoms with E-state index in [4.69, 9.17) is 9.47 Å². The first kappa shape index (κ1) is 19.7. The lowest BCUT2D eigenvalue weighted by Gasteiger charge is -2.23. The van der Waals surface area contributed by atoms with E-state index in [1.807, 2.05) is 4.72 Å². The molecule has 1 N–H and O–H groups in total. The van der Waals surface area contributed by atoms with Crippen LogP contribution in [0.1, 0.15) is 26.2 Å². The first-order chi connectivity index (χ1) is 12.9. The molecule has 0 bridgehead atoms. The van der Waals surface area contributed by atoms with Crippen LogP contribution in [0.3, 0.4) is 0 Å². The molecule has 1 saturated heterocycles. The van der Waals surface area contributed by atoms with Gasteiger partial charge in [-0.05, 0) is 50.5 Å². The van der Waals surface area contributed by atoms with E-state index < -0.39 is 27.9 Å². The largest absolute Gasteiger partial charge is 0.376 e. The van der Waals surface area contributed by atoms with Gasteiger partial charge in [0.1, 0.15) is 17.4 Å². The number of nitrogens with zero attached hydrogens (tertiary/aromatic N) is 1. The number of hydrogen-bond donors (Lipinski definition) is 1. The molecule has 146 valence electrons. The summed E-state index contributed by atoms with van der Waals surface area (Å²) < 4.78 is 52.0. The highest BCUT2D eigenvalue weighted by molar-refractivity contribution is 7.90. The normalized spacial score (nSPS) is 19.0. The van der Waals surface area contributed by atoms with Crippen LogP contribution in [0.5, 0.6) is 0 Å². The standard InChI is InChI=1S/C18H21FN2O5S/c1-12(26-11-13-5-2-3-10-25-13)18(22)21-27(23,24)16-8-7-15(19)17-14(16)6-4-9-20-17/h4,6-9,12-13H,2-3,5,10-11H2,1H3,(H,21,22)/t12-,13+/m1/s1. The van der Waals surface area contributed by atoms with Gasteiger partial charge in [-0.1, -0.05) is 0 Å². The number of hydrogen-bond acceptors (Lipinski definition) is 6. The van der Waals surface area contributed by atoms with Crippen LogP contribution >= 0.6 is 0 Å². The first-order valence-corrected chi connectivity index (χ1v) is 10.2. The topological polar surface area (TPSA) is 94.6 Å². The van der Waals surface area contributed by atoms with Crippen LogP contribution < -0.4 is 4.72 Å². The number of nitrogens with one attached hydrogen (secondary N) is 1. The van der Waals surface area contributed by atoms with Crippen molar-refractivity contribution in [3.63, 3.8) is 0 Å². The molecule has 9 heteroatoms. The Kier molecular flexibility index (Phi) is 6.03. The number of sulfonamides is 1. The number of ether oxygens (including phenoxy) is 2. The predicted octanol–water partition coefficient (Wildman–Crippen LogP) is 2.15. The van der Waals surface area contributed by atoms with E-state index in [1.54, 1.807) is 0 Å². The van der Waals surface area contributed by atoms with Crippen molar-refractivity contribution in [2.24, 2.45) is 0 Å². The van der Waals surface area contributed by atoms with Gasteiger partial charge in [-0.15, -0.1) is 0 Å². The lowest BCUT2D eigenvalue weighted by molar-refractivity contribution is -0.133. The zero-order valence-corrected chi connectivity index (χ0v) is 15.7. The Bertz CT molecular complexity index is 928. The van der Waals surface area contributed by atoms with E-state index in [1.165, 1.54) is 25.3 Å². The summed E-state index contributed by atoms with van der Waals surface area (Å²) in [5.41, 5.74) is -0.0773. The van der Waals surface area contributed by atoms with Crippen molar-refractivity contribution in [2.45, 2.75) is 43.3 Å². The molecular formula is C18H21FN2O5S. The fourth-order valence-corrected chi connectivity index (χ4v) is 4.13. The number of amides is 1. The maximum atomic E-state index is 13.8. The summed E-state index contributed by atoms with van der Waals surface area (Å²) in [5.74, 6) is -1.44. The molecule has 1 aliphatic heterocycles. The number of pyridine rings is 1. The molecule has 1 fully saturated rings. The molecule has 1 amide bonds. The molecule has 2 aromatic rings. The van der Waals surface area contributed by atoms with Crippen LogP contribution in [0.2, 0.25) is 0 Å². The fraction of sp³-hybridized carbons (Fsp3) is 0.444. The SMILES string of the molecule is C[C@@H](OC[C@@H]1CCCCO1)C(=O)NS(=O)(=O)c1ccc(F)c2ncccc12. The van der Waals surface area contributed by atoms with Crippen LogP contribution in [0, 0.1) is 5.82 Å². The Hall–Kier alpha value is -2.10. The predicted molar refractivity (Wildman–Crippen MR) is 96.0 cm³/mol. The van der Waals surface area contributed by atoms with Gasteiger partial charge in [0, 0.05) is 18.2 Å². The Morgan fingerprint density at radius 1 is 1.41 bits per heavy atom. The maximum absolute atomic E-state index is 13.8. The van der Waals surface area contributed by atoms with Crippen molar-refractivity contribution in [3.05, 3.63) is 36.3 Å². The van der Waals surface area contributed by atoms with Gasteiger partial charge in [0.2, 0.25) is 0 Å². The first-order valence-electron chi connectivity index (χ1n) is 8.71. The zero-order valence-electron chi connectivity index (χ0n) is 14.9. The summed E-state index contributed by atoms with van der Waals surface area (Å²) in [6.45, 7) is 2.35. The smallest absolute Gasteiger partial charge is 0.264 e. The fourth-order valence-electron chi connectivity index (χ4n) is 2.88. The van der Waals surface area contributed by atoms with Gasteiger partial charge in [0.05, 0.1) is 17.6 Å². The maximum Gasteiger partial charge on any atom is 0.264 e. The molecule has 27 heavy (non-hydrogen) atoms. The second kappa shape index (κ2) is 8.28. The van der Waals surface area contributed by atoms with Gasteiger partial charge < -0.3 is 9.47 Å². The third-order valence-electron chi connectivity index (χ3n) is 4.38. The molecule has 0 aliphatic carbocycles. The van der Waals surface area contributed by atoms with Crippen molar-refractivity contribution >= 4 is 26.8 Å². The van der Waals surface area contributed by atoms with Crippen LogP contribution in [0.15, 0.2) is 35.4 Å². The molecule has 1 aromatic carbocycles. The van der Waals surface area contributed by atoms with Crippen LogP contribution in [0.25, 0.3) is 10.9 Å². The lowest BCUT2D eigenvalue weighted by Crippen LogP contribution is -2.40. The van der Waals surface area contributed by atoms with E-state index in [-0.39, 0.29) is 28.5 Å². The van der Waals surface area contributed by atoms with E-state index in [0.29, 0.717) is 6.61 Å². The summed E-state index contributed by atoms with van der Waals surface area (Å²) in [6, 6.07) is 5.05. The number of carbonyl (C=O) groups excluding carboxylic acids is 1. The van der Waals surface area contributed by atoms with E-state index in [0.717, 1.165) is 31.4 Å². The number of carbonyl (C=O) groups is 1. The zero-order chi connectivity index (χ0) is 19.4. The van der Waals surface area contributed by atoms with Crippen molar-refractivity contribution < 1.29 is 27.1 Å². The van der Waals surface area contributed by atoms with E-state index >= 15 is 0 Å². The van der Waals surface area contributed by atoms with Gasteiger partial charge in [0.25, 0.3) is 15.9 Å². The third-order valence-corrected chi connectivity index (χ3v) is 5.79. The van der Waals surface area contributed by atoms with Gasteiger partial charge in [-0.25, -0.2) is 17.5 Å². The summed E-state index contributed by atoms with van der Waals surface area (Å²) in [4.78, 5) is 15.9. The van der Waals surface area contributed by atoms with Gasteiger partial charge in [-0.3, -0.25) is 9.78 Å². The number of fused-ring (bicyclic) bond motifs is 1. The average Bonchev–Trinajstić information content (AvgIpc) is 2.66. The Balaban J connectivity index is 1.70. The molecule has 3 rings (SSSR count). The molecule has 0 spiro atoms. The van der Waals surface area contributed by atoms with Crippen molar-refractivity contribution in [1.29, 1.82) is 0 Å². The molecule has 1 aromatic heterocycles. The number of benzene rings is 1.